The minimum Gasteiger partial charge on any atom is -0.447 e. The maximum atomic E-state index is 12.8. The van der Waals surface area contributed by atoms with Crippen LogP contribution in [-0.2, 0) is 6.42 Å². The second kappa shape index (κ2) is 5.28. The van der Waals surface area contributed by atoms with Gasteiger partial charge in [0.15, 0.2) is 10.9 Å². The smallest absolute Gasteiger partial charge is 0.275 e. The Hall–Kier alpha value is -1.98. The van der Waals surface area contributed by atoms with E-state index in [1.54, 1.807) is 27.7 Å². The number of carbonyl (C=O) groups is 1. The zero-order chi connectivity index (χ0) is 16.1. The van der Waals surface area contributed by atoms with Gasteiger partial charge in [-0.3, -0.25) is 4.79 Å². The minimum absolute atomic E-state index is 0.129. The molecule has 23 heavy (non-hydrogen) atoms. The maximum Gasteiger partial charge on any atom is 0.275 e. The van der Waals surface area contributed by atoms with Crippen LogP contribution in [0.25, 0.3) is 5.52 Å². The Morgan fingerprint density at radius 2 is 2.17 bits per heavy atom. The Morgan fingerprint density at radius 3 is 3.00 bits per heavy atom. The fraction of sp³-hybridized carbons (Fsp3) is 0.250. The number of carbonyl (C=O) groups excluding carboxylic acids is 1. The molecule has 7 heteroatoms. The quantitative estimate of drug-likeness (QED) is 0.667. The Bertz CT molecular complexity index is 915. The molecular formula is C16H13Cl2N3O2. The van der Waals surface area contributed by atoms with Gasteiger partial charge < -0.3 is 9.32 Å². The van der Waals surface area contributed by atoms with Crippen LogP contribution < -0.4 is 0 Å². The first-order valence-electron chi connectivity index (χ1n) is 7.27. The van der Waals surface area contributed by atoms with E-state index in [1.807, 2.05) is 19.1 Å². The Kier molecular flexibility index (Phi) is 3.36. The highest BCUT2D eigenvalue weighted by Crippen LogP contribution is 2.34. The normalized spacial score (nSPS) is 17.5. The molecule has 0 saturated heterocycles. The molecule has 4 rings (SSSR count). The summed E-state index contributed by atoms with van der Waals surface area (Å²) in [5.74, 6) is 0.622. The van der Waals surface area contributed by atoms with Crippen LogP contribution in [0.3, 0.4) is 0 Å². The van der Waals surface area contributed by atoms with E-state index in [4.69, 9.17) is 27.6 Å². The van der Waals surface area contributed by atoms with Crippen molar-refractivity contribution in [3.8, 4) is 0 Å². The standard InChI is InChI=1S/C16H13Cl2N3O2/c1-9-15-10(6-14(18)23-15)4-5-20(9)16(22)13-7-12-3-2-11(17)8-21(12)19-13/h2-3,6-9H,4-5H2,1H3. The summed E-state index contributed by atoms with van der Waals surface area (Å²) < 4.78 is 7.15. The van der Waals surface area contributed by atoms with E-state index in [2.05, 4.69) is 5.10 Å². The summed E-state index contributed by atoms with van der Waals surface area (Å²) in [5.41, 5.74) is 2.28. The molecule has 5 nitrogen and oxygen atoms in total. The zero-order valence-electron chi connectivity index (χ0n) is 12.3. The third kappa shape index (κ3) is 2.40. The summed E-state index contributed by atoms with van der Waals surface area (Å²) in [6, 6.07) is 7.01. The van der Waals surface area contributed by atoms with Crippen LogP contribution in [0.15, 0.2) is 34.9 Å². The van der Waals surface area contributed by atoms with Crippen LogP contribution in [0.5, 0.6) is 0 Å². The number of nitrogens with zero attached hydrogens (tertiary/aromatic N) is 3. The van der Waals surface area contributed by atoms with E-state index < -0.39 is 0 Å². The van der Waals surface area contributed by atoms with Gasteiger partial charge in [0.05, 0.1) is 16.6 Å². The predicted octanol–water partition coefficient (Wildman–Crippen LogP) is 3.99. The third-order valence-corrected chi connectivity index (χ3v) is 4.59. The molecular weight excluding hydrogens is 337 g/mol. The summed E-state index contributed by atoms with van der Waals surface area (Å²) in [5, 5.41) is 5.26. The number of aromatic nitrogens is 2. The molecule has 1 amide bonds. The monoisotopic (exact) mass is 349 g/mol. The van der Waals surface area contributed by atoms with Crippen molar-refractivity contribution in [1.29, 1.82) is 0 Å². The largest absolute Gasteiger partial charge is 0.447 e. The average molecular weight is 350 g/mol. The first-order chi connectivity index (χ1) is 11.0. The van der Waals surface area contributed by atoms with Crippen LogP contribution in [0, 0.1) is 0 Å². The highest BCUT2D eigenvalue weighted by Gasteiger charge is 2.32. The molecule has 1 aliphatic rings. The van der Waals surface area contributed by atoms with Gasteiger partial charge >= 0.3 is 0 Å². The molecule has 118 valence electrons. The van der Waals surface area contributed by atoms with Crippen LogP contribution in [0.1, 0.15) is 34.8 Å². The van der Waals surface area contributed by atoms with Crippen molar-refractivity contribution >= 4 is 34.6 Å². The lowest BCUT2D eigenvalue weighted by Crippen LogP contribution is -2.38. The van der Waals surface area contributed by atoms with Crippen molar-refractivity contribution in [2.75, 3.05) is 6.54 Å². The Labute approximate surface area is 142 Å². The van der Waals surface area contributed by atoms with Gasteiger partial charge in [-0.2, -0.15) is 5.10 Å². The van der Waals surface area contributed by atoms with E-state index in [0.29, 0.717) is 22.5 Å². The van der Waals surface area contributed by atoms with E-state index in [-0.39, 0.29) is 11.9 Å². The molecule has 1 aliphatic heterocycles. The van der Waals surface area contributed by atoms with E-state index >= 15 is 0 Å². The second-order valence-corrected chi connectivity index (χ2v) is 6.42. The number of amides is 1. The number of pyridine rings is 1. The van der Waals surface area contributed by atoms with Gasteiger partial charge in [-0.05, 0) is 54.8 Å². The summed E-state index contributed by atoms with van der Waals surface area (Å²) in [6.45, 7) is 2.54. The van der Waals surface area contributed by atoms with Gasteiger partial charge in [0.2, 0.25) is 0 Å². The maximum absolute atomic E-state index is 12.8. The number of furan rings is 1. The van der Waals surface area contributed by atoms with E-state index in [9.17, 15) is 4.79 Å². The summed E-state index contributed by atoms with van der Waals surface area (Å²) in [6.07, 6.45) is 2.40. The molecule has 0 aliphatic carbocycles. The summed E-state index contributed by atoms with van der Waals surface area (Å²) in [7, 11) is 0. The average Bonchev–Trinajstić information content (AvgIpc) is 3.09. The van der Waals surface area contributed by atoms with Crippen molar-refractivity contribution in [3.63, 3.8) is 0 Å². The van der Waals surface area contributed by atoms with E-state index in [1.165, 1.54) is 0 Å². The molecule has 3 aromatic heterocycles. The molecule has 0 aromatic carbocycles. The third-order valence-electron chi connectivity index (χ3n) is 4.18. The molecule has 0 spiro atoms. The fourth-order valence-corrected chi connectivity index (χ4v) is 3.39. The van der Waals surface area contributed by atoms with Gasteiger partial charge in [-0.1, -0.05) is 11.6 Å². The van der Waals surface area contributed by atoms with Crippen molar-refractivity contribution in [3.05, 3.63) is 57.7 Å². The number of hydrogen-bond acceptors (Lipinski definition) is 3. The molecule has 1 unspecified atom stereocenters. The van der Waals surface area contributed by atoms with E-state index in [0.717, 1.165) is 23.3 Å². The Balaban J connectivity index is 1.68. The minimum atomic E-state index is -0.174. The molecule has 4 heterocycles. The van der Waals surface area contributed by atoms with Gasteiger partial charge in [-0.25, -0.2) is 4.52 Å². The molecule has 1 atom stereocenters. The lowest BCUT2D eigenvalue weighted by Gasteiger charge is -2.31. The summed E-state index contributed by atoms with van der Waals surface area (Å²) in [4.78, 5) is 14.6. The van der Waals surface area contributed by atoms with Crippen LogP contribution in [0.2, 0.25) is 10.2 Å². The van der Waals surface area contributed by atoms with Crippen LogP contribution >= 0.6 is 23.2 Å². The summed E-state index contributed by atoms with van der Waals surface area (Å²) >= 11 is 11.9. The zero-order valence-corrected chi connectivity index (χ0v) is 13.8. The predicted molar refractivity (Wildman–Crippen MR) is 87.1 cm³/mol. The number of fused-ring (bicyclic) bond motifs is 2. The van der Waals surface area contributed by atoms with Crippen LogP contribution in [-0.4, -0.2) is 27.0 Å². The van der Waals surface area contributed by atoms with Crippen LogP contribution in [0.4, 0.5) is 0 Å². The molecule has 0 fully saturated rings. The topological polar surface area (TPSA) is 50.8 Å². The lowest BCUT2D eigenvalue weighted by atomic mass is 10.0. The first kappa shape index (κ1) is 14.6. The molecule has 0 bridgehead atoms. The molecule has 0 N–H and O–H groups in total. The van der Waals surface area contributed by atoms with Gasteiger partial charge in [0, 0.05) is 12.7 Å². The second-order valence-electron chi connectivity index (χ2n) is 5.61. The highest BCUT2D eigenvalue weighted by molar-refractivity contribution is 6.30. The first-order valence-corrected chi connectivity index (χ1v) is 8.02. The van der Waals surface area contributed by atoms with Gasteiger partial charge in [-0.15, -0.1) is 0 Å². The van der Waals surface area contributed by atoms with Crippen molar-refractivity contribution in [2.45, 2.75) is 19.4 Å². The molecule has 0 saturated carbocycles. The fourth-order valence-electron chi connectivity index (χ4n) is 3.02. The number of halogens is 2. The van der Waals surface area contributed by atoms with Crippen molar-refractivity contribution in [2.24, 2.45) is 0 Å². The SMILES string of the molecule is CC1c2oc(Cl)cc2CCN1C(=O)c1cc2ccc(Cl)cn2n1. The molecule has 3 aromatic rings. The highest BCUT2D eigenvalue weighted by atomic mass is 35.5. The molecule has 0 radical (unpaired) electrons. The van der Waals surface area contributed by atoms with Crippen molar-refractivity contribution in [1.82, 2.24) is 14.5 Å². The van der Waals surface area contributed by atoms with Gasteiger partial charge in [0.1, 0.15) is 5.76 Å². The van der Waals surface area contributed by atoms with Crippen molar-refractivity contribution < 1.29 is 9.21 Å². The van der Waals surface area contributed by atoms with Gasteiger partial charge in [0.25, 0.3) is 5.91 Å². The number of rotatable bonds is 1. The lowest BCUT2D eigenvalue weighted by molar-refractivity contribution is 0.0646. The Morgan fingerprint density at radius 1 is 1.35 bits per heavy atom. The number of hydrogen-bond donors (Lipinski definition) is 0.